The first-order valence-electron chi connectivity index (χ1n) is 6.16. The smallest absolute Gasteiger partial charge is 0.329 e. The predicted molar refractivity (Wildman–Crippen MR) is 66.6 cm³/mol. The van der Waals surface area contributed by atoms with E-state index in [1.54, 1.807) is 6.20 Å². The van der Waals surface area contributed by atoms with Crippen LogP contribution in [-0.4, -0.2) is 26.2 Å². The van der Waals surface area contributed by atoms with E-state index < -0.39 is 11.5 Å². The van der Waals surface area contributed by atoms with Gasteiger partial charge in [-0.2, -0.15) is 0 Å². The Labute approximate surface area is 105 Å². The van der Waals surface area contributed by atoms with Gasteiger partial charge < -0.3 is 15.0 Å². The Balaban J connectivity index is 2.33. The molecule has 1 aliphatic rings. The Hall–Kier alpha value is -1.85. The standard InChI is InChI=1S/C12H17N3O3/c1-2-15-8-7-13-9(10(15)16)14-12(11(17)18)5-3-4-6-12/h7-8H,2-6H2,1H3,(H,13,14)(H,17,18). The van der Waals surface area contributed by atoms with E-state index >= 15 is 0 Å². The topological polar surface area (TPSA) is 84.2 Å². The molecule has 0 aromatic carbocycles. The first-order chi connectivity index (χ1) is 8.59. The number of aliphatic carboxylic acids is 1. The summed E-state index contributed by atoms with van der Waals surface area (Å²) in [6, 6.07) is 0. The third kappa shape index (κ3) is 2.10. The first kappa shape index (κ1) is 12.6. The molecule has 0 unspecified atom stereocenters. The van der Waals surface area contributed by atoms with Gasteiger partial charge >= 0.3 is 5.97 Å². The number of aryl methyl sites for hydroxylation is 1. The minimum atomic E-state index is -1.03. The molecule has 1 aromatic heterocycles. The molecule has 0 bridgehead atoms. The second-order valence-corrected chi connectivity index (χ2v) is 4.59. The Kier molecular flexibility index (Phi) is 3.36. The highest BCUT2D eigenvalue weighted by Crippen LogP contribution is 2.32. The van der Waals surface area contributed by atoms with Crippen molar-refractivity contribution in [3.8, 4) is 0 Å². The summed E-state index contributed by atoms with van der Waals surface area (Å²) in [7, 11) is 0. The van der Waals surface area contributed by atoms with Gasteiger partial charge in [0.05, 0.1) is 0 Å². The summed E-state index contributed by atoms with van der Waals surface area (Å²) in [5, 5.41) is 12.2. The molecule has 2 N–H and O–H groups in total. The van der Waals surface area contributed by atoms with Gasteiger partial charge in [0.15, 0.2) is 5.82 Å². The van der Waals surface area contributed by atoms with Crippen LogP contribution < -0.4 is 10.9 Å². The maximum absolute atomic E-state index is 12.0. The molecule has 0 saturated heterocycles. The molecular weight excluding hydrogens is 234 g/mol. The SMILES string of the molecule is CCn1ccnc(NC2(C(=O)O)CCCC2)c1=O. The minimum absolute atomic E-state index is 0.128. The highest BCUT2D eigenvalue weighted by molar-refractivity contribution is 5.82. The predicted octanol–water partition coefficient (Wildman–Crippen LogP) is 1.07. The fraction of sp³-hybridized carbons (Fsp3) is 0.583. The second kappa shape index (κ2) is 4.80. The van der Waals surface area contributed by atoms with Crippen LogP contribution in [0.3, 0.4) is 0 Å². The number of nitrogens with zero attached hydrogens (tertiary/aromatic N) is 2. The van der Waals surface area contributed by atoms with Gasteiger partial charge in [-0.05, 0) is 19.8 Å². The van der Waals surface area contributed by atoms with Crippen molar-refractivity contribution >= 4 is 11.8 Å². The summed E-state index contributed by atoms with van der Waals surface area (Å²) < 4.78 is 1.50. The maximum atomic E-state index is 12.0. The average Bonchev–Trinajstić information content (AvgIpc) is 2.82. The Morgan fingerprint density at radius 3 is 2.78 bits per heavy atom. The van der Waals surface area contributed by atoms with Crippen LogP contribution in [-0.2, 0) is 11.3 Å². The summed E-state index contributed by atoms with van der Waals surface area (Å²) in [5.41, 5.74) is -1.30. The third-order valence-electron chi connectivity index (χ3n) is 3.48. The highest BCUT2D eigenvalue weighted by atomic mass is 16.4. The van der Waals surface area contributed by atoms with Crippen LogP contribution in [0, 0.1) is 0 Å². The summed E-state index contributed by atoms with van der Waals surface area (Å²) in [5.74, 6) is -0.781. The first-order valence-corrected chi connectivity index (χ1v) is 6.16. The maximum Gasteiger partial charge on any atom is 0.329 e. The van der Waals surface area contributed by atoms with Crippen LogP contribution in [0.1, 0.15) is 32.6 Å². The van der Waals surface area contributed by atoms with Crippen LogP contribution in [0.2, 0.25) is 0 Å². The molecule has 2 rings (SSSR count). The number of nitrogens with one attached hydrogen (secondary N) is 1. The summed E-state index contributed by atoms with van der Waals surface area (Å²) >= 11 is 0. The average molecular weight is 251 g/mol. The second-order valence-electron chi connectivity index (χ2n) is 4.59. The quantitative estimate of drug-likeness (QED) is 0.836. The van der Waals surface area contributed by atoms with Crippen LogP contribution in [0.5, 0.6) is 0 Å². The number of hydrogen-bond acceptors (Lipinski definition) is 4. The monoisotopic (exact) mass is 251 g/mol. The van der Waals surface area contributed by atoms with Gasteiger partial charge in [0.1, 0.15) is 5.54 Å². The number of aromatic nitrogens is 2. The van der Waals surface area contributed by atoms with Crippen molar-refractivity contribution in [3.63, 3.8) is 0 Å². The molecule has 1 fully saturated rings. The van der Waals surface area contributed by atoms with Crippen molar-refractivity contribution in [2.45, 2.75) is 44.7 Å². The van der Waals surface area contributed by atoms with Gasteiger partial charge in [0, 0.05) is 18.9 Å². The third-order valence-corrected chi connectivity index (χ3v) is 3.48. The fourth-order valence-corrected chi connectivity index (χ4v) is 2.38. The van der Waals surface area contributed by atoms with E-state index in [1.807, 2.05) is 6.92 Å². The summed E-state index contributed by atoms with van der Waals surface area (Å²) in [4.78, 5) is 27.4. The van der Waals surface area contributed by atoms with Gasteiger partial charge in [-0.25, -0.2) is 9.78 Å². The normalized spacial score (nSPS) is 17.6. The lowest BCUT2D eigenvalue weighted by atomic mass is 9.98. The van der Waals surface area contributed by atoms with Gasteiger partial charge in [0.2, 0.25) is 0 Å². The van der Waals surface area contributed by atoms with Gasteiger partial charge in [-0.1, -0.05) is 12.8 Å². The van der Waals surface area contributed by atoms with Gasteiger partial charge in [-0.15, -0.1) is 0 Å². The van der Waals surface area contributed by atoms with E-state index in [0.29, 0.717) is 19.4 Å². The molecule has 6 heteroatoms. The zero-order valence-corrected chi connectivity index (χ0v) is 10.3. The van der Waals surface area contributed by atoms with Crippen molar-refractivity contribution in [2.24, 2.45) is 0 Å². The molecule has 1 aliphatic carbocycles. The molecule has 98 valence electrons. The van der Waals surface area contributed by atoms with E-state index in [1.165, 1.54) is 10.8 Å². The lowest BCUT2D eigenvalue weighted by molar-refractivity contribution is -0.142. The van der Waals surface area contributed by atoms with Crippen molar-refractivity contribution < 1.29 is 9.90 Å². The Bertz CT molecular complexity index is 504. The molecule has 0 radical (unpaired) electrons. The molecule has 0 aliphatic heterocycles. The largest absolute Gasteiger partial charge is 0.480 e. The van der Waals surface area contributed by atoms with Crippen LogP contribution in [0.15, 0.2) is 17.2 Å². The molecule has 0 amide bonds. The Morgan fingerprint density at radius 2 is 2.22 bits per heavy atom. The molecule has 1 aromatic rings. The number of rotatable bonds is 4. The zero-order chi connectivity index (χ0) is 13.2. The molecule has 1 heterocycles. The van der Waals surface area contributed by atoms with E-state index in [0.717, 1.165) is 12.8 Å². The molecule has 0 spiro atoms. The van der Waals surface area contributed by atoms with Crippen molar-refractivity contribution in [2.75, 3.05) is 5.32 Å². The minimum Gasteiger partial charge on any atom is -0.480 e. The van der Waals surface area contributed by atoms with Gasteiger partial charge in [-0.3, -0.25) is 4.79 Å². The van der Waals surface area contributed by atoms with E-state index in [9.17, 15) is 14.7 Å². The lowest BCUT2D eigenvalue weighted by Gasteiger charge is -2.25. The number of carboxylic acids is 1. The van der Waals surface area contributed by atoms with Crippen molar-refractivity contribution in [1.29, 1.82) is 0 Å². The van der Waals surface area contributed by atoms with Crippen molar-refractivity contribution in [3.05, 3.63) is 22.7 Å². The Morgan fingerprint density at radius 1 is 1.56 bits per heavy atom. The molecular formula is C12H17N3O3. The van der Waals surface area contributed by atoms with E-state index in [4.69, 9.17) is 0 Å². The highest BCUT2D eigenvalue weighted by Gasteiger charge is 2.42. The van der Waals surface area contributed by atoms with Crippen LogP contribution >= 0.6 is 0 Å². The molecule has 6 nitrogen and oxygen atoms in total. The molecule has 0 atom stereocenters. The fourth-order valence-electron chi connectivity index (χ4n) is 2.38. The summed E-state index contributed by atoms with van der Waals surface area (Å²) in [6.07, 6.45) is 5.88. The summed E-state index contributed by atoms with van der Waals surface area (Å²) in [6.45, 7) is 2.39. The zero-order valence-electron chi connectivity index (χ0n) is 10.3. The van der Waals surface area contributed by atoms with E-state index in [2.05, 4.69) is 10.3 Å². The molecule has 1 saturated carbocycles. The lowest BCUT2D eigenvalue weighted by Crippen LogP contribution is -2.45. The van der Waals surface area contributed by atoms with Crippen LogP contribution in [0.25, 0.3) is 0 Å². The number of carbonyl (C=O) groups is 1. The number of carboxylic acid groups (broad SMARTS) is 1. The number of hydrogen-bond donors (Lipinski definition) is 2. The van der Waals surface area contributed by atoms with E-state index in [-0.39, 0.29) is 11.4 Å². The van der Waals surface area contributed by atoms with Crippen LogP contribution in [0.4, 0.5) is 5.82 Å². The van der Waals surface area contributed by atoms with Gasteiger partial charge in [0.25, 0.3) is 5.56 Å². The molecule has 18 heavy (non-hydrogen) atoms. The number of anilines is 1. The van der Waals surface area contributed by atoms with Crippen molar-refractivity contribution in [1.82, 2.24) is 9.55 Å².